The van der Waals surface area contributed by atoms with Gasteiger partial charge in [0.2, 0.25) is 10.0 Å². The summed E-state index contributed by atoms with van der Waals surface area (Å²) in [6, 6.07) is 5.04. The highest BCUT2D eigenvalue weighted by molar-refractivity contribution is 9.10. The average Bonchev–Trinajstić information content (AvgIpc) is 2.67. The van der Waals surface area contributed by atoms with Crippen LogP contribution in [0.3, 0.4) is 0 Å². The van der Waals surface area contributed by atoms with Crippen molar-refractivity contribution >= 4 is 26.0 Å². The van der Waals surface area contributed by atoms with Gasteiger partial charge in [0.05, 0.1) is 7.11 Å². The fraction of sp³-hybridized carbons (Fsp3) is 0.571. The zero-order valence-electron chi connectivity index (χ0n) is 11.6. The van der Waals surface area contributed by atoms with Gasteiger partial charge in [-0.25, -0.2) is 13.1 Å². The van der Waals surface area contributed by atoms with Gasteiger partial charge in [-0.3, -0.25) is 0 Å². The molecule has 0 amide bonds. The summed E-state index contributed by atoms with van der Waals surface area (Å²) in [5.74, 6) is 0.370. The summed E-state index contributed by atoms with van der Waals surface area (Å²) in [6.45, 7) is 0. The second kappa shape index (κ2) is 6.91. The third-order valence-electron chi connectivity index (χ3n) is 3.59. The molecule has 1 aromatic carbocycles. The molecule has 0 saturated heterocycles. The topological polar surface area (TPSA) is 55.4 Å². The molecular weight excluding hydrogens is 342 g/mol. The van der Waals surface area contributed by atoms with Crippen LogP contribution in [0, 0.1) is 0 Å². The highest BCUT2D eigenvalue weighted by Crippen LogP contribution is 2.28. The number of ether oxygens (including phenoxy) is 1. The molecule has 2 rings (SSSR count). The second-order valence-electron chi connectivity index (χ2n) is 5.10. The van der Waals surface area contributed by atoms with E-state index < -0.39 is 10.0 Å². The van der Waals surface area contributed by atoms with E-state index in [1.165, 1.54) is 20.0 Å². The molecule has 1 aromatic rings. The SMILES string of the molecule is COc1ccc(Br)cc1S(=O)(=O)NC1CCCCCC1. The predicted octanol–water partition coefficient (Wildman–Crippen LogP) is 3.46. The Hall–Kier alpha value is -0.590. The van der Waals surface area contributed by atoms with Gasteiger partial charge in [-0.05, 0) is 31.0 Å². The molecule has 1 aliphatic rings. The molecule has 0 heterocycles. The van der Waals surface area contributed by atoms with Crippen molar-refractivity contribution in [1.82, 2.24) is 4.72 Å². The van der Waals surface area contributed by atoms with E-state index >= 15 is 0 Å². The van der Waals surface area contributed by atoms with Crippen LogP contribution in [-0.4, -0.2) is 21.6 Å². The smallest absolute Gasteiger partial charge is 0.244 e. The van der Waals surface area contributed by atoms with Gasteiger partial charge in [0.15, 0.2) is 0 Å². The first-order valence-electron chi connectivity index (χ1n) is 6.89. The zero-order chi connectivity index (χ0) is 14.6. The van der Waals surface area contributed by atoms with Crippen molar-refractivity contribution in [3.8, 4) is 5.75 Å². The fourth-order valence-electron chi connectivity index (χ4n) is 2.54. The summed E-state index contributed by atoms with van der Waals surface area (Å²) >= 11 is 3.31. The first kappa shape index (κ1) is 15.8. The second-order valence-corrected chi connectivity index (χ2v) is 7.70. The van der Waals surface area contributed by atoms with E-state index in [1.807, 2.05) is 0 Å². The molecule has 1 N–H and O–H groups in total. The Bertz CT molecular complexity index is 552. The Morgan fingerprint density at radius 3 is 2.45 bits per heavy atom. The van der Waals surface area contributed by atoms with E-state index in [0.717, 1.165) is 30.2 Å². The van der Waals surface area contributed by atoms with Crippen LogP contribution in [0.25, 0.3) is 0 Å². The van der Waals surface area contributed by atoms with Gasteiger partial charge in [-0.2, -0.15) is 0 Å². The van der Waals surface area contributed by atoms with E-state index in [0.29, 0.717) is 5.75 Å². The van der Waals surface area contributed by atoms with Gasteiger partial charge in [0.25, 0.3) is 0 Å². The van der Waals surface area contributed by atoms with Crippen molar-refractivity contribution < 1.29 is 13.2 Å². The number of nitrogens with one attached hydrogen (secondary N) is 1. The lowest BCUT2D eigenvalue weighted by Gasteiger charge is -2.17. The highest BCUT2D eigenvalue weighted by atomic mass is 79.9. The van der Waals surface area contributed by atoms with E-state index in [9.17, 15) is 8.42 Å². The Balaban J connectivity index is 2.23. The van der Waals surface area contributed by atoms with E-state index in [1.54, 1.807) is 18.2 Å². The molecule has 1 fully saturated rings. The number of sulfonamides is 1. The predicted molar refractivity (Wildman–Crippen MR) is 82.5 cm³/mol. The number of hydrogen-bond acceptors (Lipinski definition) is 3. The molecule has 0 radical (unpaired) electrons. The standard InChI is InChI=1S/C14H20BrNO3S/c1-19-13-9-8-11(15)10-14(13)20(17,18)16-12-6-4-2-3-5-7-12/h8-10,12,16H,2-7H2,1H3. The van der Waals surface area contributed by atoms with Crippen molar-refractivity contribution in [1.29, 1.82) is 0 Å². The Morgan fingerprint density at radius 1 is 1.20 bits per heavy atom. The fourth-order valence-corrected chi connectivity index (χ4v) is 4.55. The van der Waals surface area contributed by atoms with E-state index in [4.69, 9.17) is 4.74 Å². The van der Waals surface area contributed by atoms with Gasteiger partial charge in [0, 0.05) is 10.5 Å². The Morgan fingerprint density at radius 2 is 1.85 bits per heavy atom. The van der Waals surface area contributed by atoms with E-state index in [-0.39, 0.29) is 10.9 Å². The largest absolute Gasteiger partial charge is 0.495 e. The summed E-state index contributed by atoms with van der Waals surface area (Å²) in [6.07, 6.45) is 6.38. The molecule has 0 bridgehead atoms. The first-order valence-corrected chi connectivity index (χ1v) is 9.16. The Kier molecular flexibility index (Phi) is 5.46. The number of hydrogen-bond donors (Lipinski definition) is 1. The molecule has 6 heteroatoms. The van der Waals surface area contributed by atoms with Crippen LogP contribution in [0.15, 0.2) is 27.6 Å². The Labute approximate surface area is 129 Å². The lowest BCUT2D eigenvalue weighted by atomic mass is 10.1. The van der Waals surface area contributed by atoms with Gasteiger partial charge in [0.1, 0.15) is 10.6 Å². The third kappa shape index (κ3) is 3.96. The molecule has 0 aromatic heterocycles. The van der Waals surface area contributed by atoms with Crippen molar-refractivity contribution in [2.45, 2.75) is 49.5 Å². The van der Waals surface area contributed by atoms with Crippen LogP contribution in [0.4, 0.5) is 0 Å². The maximum atomic E-state index is 12.5. The number of halogens is 1. The molecule has 4 nitrogen and oxygen atoms in total. The van der Waals surface area contributed by atoms with Crippen LogP contribution in [0.1, 0.15) is 38.5 Å². The maximum Gasteiger partial charge on any atom is 0.244 e. The summed E-state index contributed by atoms with van der Waals surface area (Å²) in [5.41, 5.74) is 0. The van der Waals surface area contributed by atoms with Crippen LogP contribution >= 0.6 is 15.9 Å². The summed E-state index contributed by atoms with van der Waals surface area (Å²) < 4.78 is 33.8. The normalized spacial score (nSPS) is 17.7. The molecule has 1 saturated carbocycles. The lowest BCUT2D eigenvalue weighted by molar-refractivity contribution is 0.401. The van der Waals surface area contributed by atoms with Crippen LogP contribution in [0.5, 0.6) is 5.75 Å². The molecule has 0 atom stereocenters. The van der Waals surface area contributed by atoms with Crippen molar-refractivity contribution in [3.05, 3.63) is 22.7 Å². The number of rotatable bonds is 4. The van der Waals surface area contributed by atoms with Crippen LogP contribution < -0.4 is 9.46 Å². The van der Waals surface area contributed by atoms with Crippen molar-refractivity contribution in [2.24, 2.45) is 0 Å². The molecule has 112 valence electrons. The molecular formula is C14H20BrNO3S. The lowest BCUT2D eigenvalue weighted by Crippen LogP contribution is -2.34. The highest BCUT2D eigenvalue weighted by Gasteiger charge is 2.24. The molecule has 20 heavy (non-hydrogen) atoms. The van der Waals surface area contributed by atoms with Crippen molar-refractivity contribution in [3.63, 3.8) is 0 Å². The zero-order valence-corrected chi connectivity index (χ0v) is 14.0. The van der Waals surface area contributed by atoms with Crippen LogP contribution in [0.2, 0.25) is 0 Å². The average molecular weight is 362 g/mol. The van der Waals surface area contributed by atoms with Gasteiger partial charge >= 0.3 is 0 Å². The first-order chi connectivity index (χ1) is 9.53. The molecule has 0 aliphatic heterocycles. The van der Waals surface area contributed by atoms with Gasteiger partial charge in [-0.1, -0.05) is 41.6 Å². The van der Waals surface area contributed by atoms with Gasteiger partial charge < -0.3 is 4.74 Å². The van der Waals surface area contributed by atoms with Crippen molar-refractivity contribution in [2.75, 3.05) is 7.11 Å². The maximum absolute atomic E-state index is 12.5. The quantitative estimate of drug-likeness (QED) is 0.835. The molecule has 0 spiro atoms. The third-order valence-corrected chi connectivity index (χ3v) is 5.63. The summed E-state index contributed by atoms with van der Waals surface area (Å²) in [7, 11) is -2.07. The minimum absolute atomic E-state index is 0.0335. The molecule has 0 unspecified atom stereocenters. The van der Waals surface area contributed by atoms with E-state index in [2.05, 4.69) is 20.7 Å². The minimum atomic E-state index is -3.55. The van der Waals surface area contributed by atoms with Crippen LogP contribution in [-0.2, 0) is 10.0 Å². The number of methoxy groups -OCH3 is 1. The molecule has 1 aliphatic carbocycles. The summed E-state index contributed by atoms with van der Waals surface area (Å²) in [5, 5.41) is 0. The van der Waals surface area contributed by atoms with Gasteiger partial charge in [-0.15, -0.1) is 0 Å². The monoisotopic (exact) mass is 361 g/mol. The minimum Gasteiger partial charge on any atom is -0.495 e. The summed E-state index contributed by atoms with van der Waals surface area (Å²) in [4.78, 5) is 0.193. The number of benzene rings is 1.